The third-order valence-corrected chi connectivity index (χ3v) is 6.94. The van der Waals surface area contributed by atoms with Crippen LogP contribution < -0.4 is 0 Å². The monoisotopic (exact) mass is 423 g/mol. The summed E-state index contributed by atoms with van der Waals surface area (Å²) in [4.78, 5) is 24.7. The molecule has 8 nitrogen and oxygen atoms in total. The number of rotatable bonds is 7. The standard InChI is InChI=1S/C20H25NO7S/c1-3-26-20(23)18-16(15-7-5-6-8-17(15)28-18)13-27-19(22)14-9-11-21(12-10-14)29(24,25)4-2/h5-8,14H,3-4,9-13H2,1-2H3. The number of furan rings is 1. The van der Waals surface area contributed by atoms with Crippen molar-refractivity contribution in [3.8, 4) is 0 Å². The summed E-state index contributed by atoms with van der Waals surface area (Å²) in [5.74, 6) is -1.30. The Morgan fingerprint density at radius 2 is 1.83 bits per heavy atom. The normalized spacial score (nSPS) is 16.1. The summed E-state index contributed by atoms with van der Waals surface area (Å²) in [5, 5.41) is 0.687. The van der Waals surface area contributed by atoms with Gasteiger partial charge in [-0.25, -0.2) is 17.5 Å². The molecule has 29 heavy (non-hydrogen) atoms. The smallest absolute Gasteiger partial charge is 0.374 e. The highest BCUT2D eigenvalue weighted by molar-refractivity contribution is 7.89. The van der Waals surface area contributed by atoms with Gasteiger partial charge in [-0.05, 0) is 32.8 Å². The number of ether oxygens (including phenoxy) is 2. The van der Waals surface area contributed by atoms with Gasteiger partial charge in [0, 0.05) is 18.5 Å². The lowest BCUT2D eigenvalue weighted by Crippen LogP contribution is -2.41. The largest absolute Gasteiger partial charge is 0.460 e. The maximum atomic E-state index is 12.5. The zero-order valence-corrected chi connectivity index (χ0v) is 17.4. The van der Waals surface area contributed by atoms with Gasteiger partial charge >= 0.3 is 11.9 Å². The molecule has 158 valence electrons. The molecule has 1 aromatic heterocycles. The Balaban J connectivity index is 1.68. The van der Waals surface area contributed by atoms with E-state index in [1.165, 1.54) is 4.31 Å². The number of piperidine rings is 1. The zero-order chi connectivity index (χ0) is 21.0. The molecule has 0 radical (unpaired) electrons. The Labute approximate surface area is 169 Å². The second kappa shape index (κ2) is 8.96. The molecule has 0 N–H and O–H groups in total. The summed E-state index contributed by atoms with van der Waals surface area (Å²) in [6.45, 7) is 4.00. The van der Waals surface area contributed by atoms with Crippen molar-refractivity contribution in [2.75, 3.05) is 25.4 Å². The molecule has 1 aromatic carbocycles. The number of hydrogen-bond donors (Lipinski definition) is 0. The van der Waals surface area contributed by atoms with Crippen LogP contribution in [0.3, 0.4) is 0 Å². The molecule has 1 saturated heterocycles. The van der Waals surface area contributed by atoms with Crippen molar-refractivity contribution in [2.45, 2.75) is 33.3 Å². The van der Waals surface area contributed by atoms with E-state index in [2.05, 4.69) is 0 Å². The highest BCUT2D eigenvalue weighted by Crippen LogP contribution is 2.28. The molecule has 1 fully saturated rings. The van der Waals surface area contributed by atoms with Crippen LogP contribution in [-0.4, -0.2) is 50.1 Å². The number of para-hydroxylation sites is 1. The quantitative estimate of drug-likeness (QED) is 0.631. The second-order valence-electron chi connectivity index (χ2n) is 6.81. The minimum Gasteiger partial charge on any atom is -0.460 e. The molecule has 0 bridgehead atoms. The van der Waals surface area contributed by atoms with E-state index in [0.717, 1.165) is 0 Å². The summed E-state index contributed by atoms with van der Waals surface area (Å²) < 4.78 is 41.4. The van der Waals surface area contributed by atoms with E-state index < -0.39 is 22.0 Å². The predicted molar refractivity (Wildman–Crippen MR) is 106 cm³/mol. The molecule has 0 spiro atoms. The number of sulfonamides is 1. The Kier molecular flexibility index (Phi) is 6.59. The van der Waals surface area contributed by atoms with Crippen LogP contribution in [-0.2, 0) is 30.9 Å². The number of benzene rings is 1. The lowest BCUT2D eigenvalue weighted by molar-refractivity contribution is -0.151. The molecule has 2 aromatic rings. The summed E-state index contributed by atoms with van der Waals surface area (Å²) in [7, 11) is -3.25. The first kappa shape index (κ1) is 21.3. The van der Waals surface area contributed by atoms with Crippen molar-refractivity contribution in [3.05, 3.63) is 35.6 Å². The first-order chi connectivity index (χ1) is 13.9. The first-order valence-corrected chi connectivity index (χ1v) is 11.3. The van der Waals surface area contributed by atoms with E-state index in [-0.39, 0.29) is 30.6 Å². The SMILES string of the molecule is CCOC(=O)c1oc2ccccc2c1COC(=O)C1CCN(S(=O)(=O)CC)CC1. The van der Waals surface area contributed by atoms with Gasteiger partial charge in [-0.2, -0.15) is 0 Å². The van der Waals surface area contributed by atoms with E-state index >= 15 is 0 Å². The van der Waals surface area contributed by atoms with Crippen LogP contribution in [0.4, 0.5) is 0 Å². The Bertz CT molecular complexity index is 987. The van der Waals surface area contributed by atoms with Crippen LogP contribution in [0.15, 0.2) is 28.7 Å². The Hall–Kier alpha value is -2.39. The third kappa shape index (κ3) is 4.62. The lowest BCUT2D eigenvalue weighted by Gasteiger charge is -2.29. The zero-order valence-electron chi connectivity index (χ0n) is 16.5. The number of hydrogen-bond acceptors (Lipinski definition) is 7. The molecule has 0 atom stereocenters. The van der Waals surface area contributed by atoms with Crippen molar-refractivity contribution in [1.29, 1.82) is 0 Å². The number of esters is 2. The number of carbonyl (C=O) groups is 2. The predicted octanol–water partition coefficient (Wildman–Crippen LogP) is 2.71. The van der Waals surface area contributed by atoms with Gasteiger partial charge < -0.3 is 13.9 Å². The maximum Gasteiger partial charge on any atom is 0.374 e. The topological polar surface area (TPSA) is 103 Å². The van der Waals surface area contributed by atoms with Gasteiger partial charge in [-0.3, -0.25) is 4.79 Å². The molecule has 2 heterocycles. The number of carbonyl (C=O) groups excluding carboxylic acids is 2. The molecule has 3 rings (SSSR count). The molecular formula is C20H25NO7S. The fraction of sp³-hybridized carbons (Fsp3) is 0.500. The van der Waals surface area contributed by atoms with Crippen LogP contribution in [0.1, 0.15) is 42.8 Å². The van der Waals surface area contributed by atoms with Gasteiger partial charge in [0.2, 0.25) is 15.8 Å². The lowest BCUT2D eigenvalue weighted by atomic mass is 9.98. The van der Waals surface area contributed by atoms with Gasteiger partial charge in [-0.15, -0.1) is 0 Å². The van der Waals surface area contributed by atoms with E-state index in [0.29, 0.717) is 42.5 Å². The highest BCUT2D eigenvalue weighted by Gasteiger charge is 2.31. The molecular weight excluding hydrogens is 398 g/mol. The summed E-state index contributed by atoms with van der Waals surface area (Å²) in [6, 6.07) is 7.11. The van der Waals surface area contributed by atoms with E-state index in [4.69, 9.17) is 13.9 Å². The molecule has 1 aliphatic heterocycles. The molecule has 0 unspecified atom stereocenters. The molecule has 1 aliphatic rings. The van der Waals surface area contributed by atoms with E-state index in [1.807, 2.05) is 6.07 Å². The van der Waals surface area contributed by atoms with E-state index in [9.17, 15) is 18.0 Å². The minimum atomic E-state index is -3.25. The molecule has 0 amide bonds. The second-order valence-corrected chi connectivity index (χ2v) is 9.07. The van der Waals surface area contributed by atoms with Crippen LogP contribution in [0.25, 0.3) is 11.0 Å². The van der Waals surface area contributed by atoms with Crippen molar-refractivity contribution in [3.63, 3.8) is 0 Å². The van der Waals surface area contributed by atoms with Crippen LogP contribution in [0.5, 0.6) is 0 Å². The van der Waals surface area contributed by atoms with Gasteiger partial charge in [0.25, 0.3) is 0 Å². The van der Waals surface area contributed by atoms with Gasteiger partial charge in [0.1, 0.15) is 12.2 Å². The number of fused-ring (bicyclic) bond motifs is 1. The van der Waals surface area contributed by atoms with E-state index in [1.54, 1.807) is 32.0 Å². The number of nitrogens with zero attached hydrogens (tertiary/aromatic N) is 1. The van der Waals surface area contributed by atoms with Crippen molar-refractivity contribution in [1.82, 2.24) is 4.31 Å². The average molecular weight is 423 g/mol. The Morgan fingerprint density at radius 3 is 2.48 bits per heavy atom. The van der Waals surface area contributed by atoms with Gasteiger partial charge in [-0.1, -0.05) is 18.2 Å². The fourth-order valence-corrected chi connectivity index (χ4v) is 4.55. The van der Waals surface area contributed by atoms with Gasteiger partial charge in [0.05, 0.1) is 23.8 Å². The Morgan fingerprint density at radius 1 is 1.14 bits per heavy atom. The fourth-order valence-electron chi connectivity index (χ4n) is 3.42. The summed E-state index contributed by atoms with van der Waals surface area (Å²) in [5.41, 5.74) is 0.984. The van der Waals surface area contributed by atoms with Crippen molar-refractivity contribution in [2.24, 2.45) is 5.92 Å². The van der Waals surface area contributed by atoms with Crippen LogP contribution >= 0.6 is 0 Å². The van der Waals surface area contributed by atoms with Crippen molar-refractivity contribution >= 4 is 32.9 Å². The minimum absolute atomic E-state index is 0.0321. The first-order valence-electron chi connectivity index (χ1n) is 9.69. The van der Waals surface area contributed by atoms with Crippen molar-refractivity contribution < 1.29 is 31.9 Å². The molecule has 9 heteroatoms. The molecule has 0 saturated carbocycles. The van der Waals surface area contributed by atoms with Crippen LogP contribution in [0, 0.1) is 5.92 Å². The summed E-state index contributed by atoms with van der Waals surface area (Å²) in [6.07, 6.45) is 0.823. The van der Waals surface area contributed by atoms with Crippen LogP contribution in [0.2, 0.25) is 0 Å². The van der Waals surface area contributed by atoms with Gasteiger partial charge in [0.15, 0.2) is 0 Å². The maximum absolute atomic E-state index is 12.5. The average Bonchev–Trinajstić information content (AvgIpc) is 3.11. The summed E-state index contributed by atoms with van der Waals surface area (Å²) >= 11 is 0. The molecule has 0 aliphatic carbocycles. The third-order valence-electron chi connectivity index (χ3n) is 5.06. The highest BCUT2D eigenvalue weighted by atomic mass is 32.2.